The fourth-order valence-electron chi connectivity index (χ4n) is 2.41. The molecule has 1 heterocycles. The summed E-state index contributed by atoms with van der Waals surface area (Å²) in [6.45, 7) is 3.04. The van der Waals surface area contributed by atoms with Crippen molar-refractivity contribution in [1.29, 1.82) is 0 Å². The van der Waals surface area contributed by atoms with E-state index in [1.165, 1.54) is 0 Å². The number of amides is 2. The number of ether oxygens (including phenoxy) is 1. The van der Waals surface area contributed by atoms with Crippen molar-refractivity contribution >= 4 is 17.5 Å². The maximum absolute atomic E-state index is 12.3. The first-order valence-corrected chi connectivity index (χ1v) is 7.59. The monoisotopic (exact) mass is 305 g/mol. The minimum absolute atomic E-state index is 0.0341. The highest BCUT2D eigenvalue weighted by Gasteiger charge is 2.19. The minimum Gasteiger partial charge on any atom is -0.383 e. The molecule has 1 aliphatic rings. The highest BCUT2D eigenvalue weighted by atomic mass is 16.5. The molecule has 6 nitrogen and oxygen atoms in total. The Morgan fingerprint density at radius 3 is 2.77 bits per heavy atom. The van der Waals surface area contributed by atoms with Gasteiger partial charge in [0.15, 0.2) is 0 Å². The first-order valence-electron chi connectivity index (χ1n) is 7.59. The second-order valence-electron chi connectivity index (χ2n) is 5.30. The average molecular weight is 305 g/mol. The van der Waals surface area contributed by atoms with Crippen LogP contribution in [0.4, 0.5) is 5.69 Å². The number of carbonyl (C=O) groups excluding carboxylic acids is 2. The van der Waals surface area contributed by atoms with Crippen molar-refractivity contribution in [2.75, 3.05) is 45.2 Å². The summed E-state index contributed by atoms with van der Waals surface area (Å²) in [4.78, 5) is 26.0. The number of nitrogens with zero attached hydrogens (tertiary/aromatic N) is 1. The van der Waals surface area contributed by atoms with E-state index in [0.717, 1.165) is 25.9 Å². The van der Waals surface area contributed by atoms with E-state index >= 15 is 0 Å². The molecule has 6 heteroatoms. The number of likely N-dealkylation sites (tertiary alicyclic amines) is 1. The Morgan fingerprint density at radius 1 is 1.27 bits per heavy atom. The van der Waals surface area contributed by atoms with Gasteiger partial charge in [-0.25, -0.2) is 0 Å². The Hall–Kier alpha value is -1.92. The molecular weight excluding hydrogens is 282 g/mol. The van der Waals surface area contributed by atoms with E-state index < -0.39 is 0 Å². The number of rotatable bonds is 7. The Bertz CT molecular complexity index is 513. The van der Waals surface area contributed by atoms with Crippen LogP contribution in [-0.4, -0.2) is 56.6 Å². The fraction of sp³-hybridized carbons (Fsp3) is 0.500. The molecule has 0 unspecified atom stereocenters. The Morgan fingerprint density at radius 2 is 2.05 bits per heavy atom. The number of methoxy groups -OCH3 is 1. The number of anilines is 1. The maximum atomic E-state index is 12.3. The van der Waals surface area contributed by atoms with Crippen LogP contribution in [0.5, 0.6) is 0 Å². The van der Waals surface area contributed by atoms with Crippen LogP contribution in [0.3, 0.4) is 0 Å². The van der Waals surface area contributed by atoms with Crippen molar-refractivity contribution in [3.05, 3.63) is 29.8 Å². The van der Waals surface area contributed by atoms with Crippen molar-refractivity contribution in [2.45, 2.75) is 12.8 Å². The van der Waals surface area contributed by atoms with Crippen molar-refractivity contribution in [1.82, 2.24) is 10.2 Å². The number of nitrogens with one attached hydrogen (secondary N) is 2. The van der Waals surface area contributed by atoms with Crippen molar-refractivity contribution in [3.8, 4) is 0 Å². The third kappa shape index (κ3) is 4.82. The molecule has 1 fully saturated rings. The number of benzene rings is 1. The fourth-order valence-corrected chi connectivity index (χ4v) is 2.41. The lowest BCUT2D eigenvalue weighted by Gasteiger charge is -2.15. The zero-order valence-corrected chi connectivity index (χ0v) is 12.9. The van der Waals surface area contributed by atoms with E-state index in [0.29, 0.717) is 24.4 Å². The Labute approximate surface area is 130 Å². The zero-order valence-electron chi connectivity index (χ0n) is 12.9. The van der Waals surface area contributed by atoms with E-state index in [9.17, 15) is 9.59 Å². The molecule has 0 atom stereocenters. The number of hydrogen-bond acceptors (Lipinski definition) is 4. The Kier molecular flexibility index (Phi) is 6.36. The van der Waals surface area contributed by atoms with Crippen molar-refractivity contribution in [3.63, 3.8) is 0 Å². The molecule has 120 valence electrons. The zero-order chi connectivity index (χ0) is 15.8. The second kappa shape index (κ2) is 8.51. The van der Waals surface area contributed by atoms with Crippen LogP contribution in [0.2, 0.25) is 0 Å². The predicted octanol–water partition coefficient (Wildman–Crippen LogP) is 1.10. The van der Waals surface area contributed by atoms with Crippen molar-refractivity contribution in [2.24, 2.45) is 0 Å². The summed E-state index contributed by atoms with van der Waals surface area (Å²) >= 11 is 0. The lowest BCUT2D eigenvalue weighted by atomic mass is 10.1. The molecule has 1 saturated heterocycles. The summed E-state index contributed by atoms with van der Waals surface area (Å²) < 4.78 is 4.90. The van der Waals surface area contributed by atoms with E-state index in [-0.39, 0.29) is 18.4 Å². The summed E-state index contributed by atoms with van der Waals surface area (Å²) in [7, 11) is 1.62. The van der Waals surface area contributed by atoms with Gasteiger partial charge in [0.05, 0.1) is 13.2 Å². The van der Waals surface area contributed by atoms with E-state index in [1.807, 2.05) is 4.90 Å². The lowest BCUT2D eigenvalue weighted by molar-refractivity contribution is -0.115. The molecule has 22 heavy (non-hydrogen) atoms. The van der Waals surface area contributed by atoms with Crippen LogP contribution in [0.15, 0.2) is 24.3 Å². The quantitative estimate of drug-likeness (QED) is 0.740. The molecule has 2 N–H and O–H groups in total. The van der Waals surface area contributed by atoms with Gasteiger partial charge in [0.2, 0.25) is 5.91 Å². The van der Waals surface area contributed by atoms with Gasteiger partial charge in [-0.15, -0.1) is 0 Å². The predicted molar refractivity (Wildman–Crippen MR) is 85.0 cm³/mol. The van der Waals surface area contributed by atoms with Gasteiger partial charge in [-0.05, 0) is 31.0 Å². The summed E-state index contributed by atoms with van der Waals surface area (Å²) in [6.07, 6.45) is 2.13. The molecule has 1 aromatic carbocycles. The van der Waals surface area contributed by atoms with Gasteiger partial charge in [0, 0.05) is 38.0 Å². The van der Waals surface area contributed by atoms with E-state index in [4.69, 9.17) is 4.74 Å². The van der Waals surface area contributed by atoms with E-state index in [2.05, 4.69) is 10.6 Å². The van der Waals surface area contributed by atoms with Crippen LogP contribution in [0, 0.1) is 0 Å². The molecule has 0 saturated carbocycles. The minimum atomic E-state index is -0.137. The van der Waals surface area contributed by atoms with Gasteiger partial charge in [-0.3, -0.25) is 9.59 Å². The summed E-state index contributed by atoms with van der Waals surface area (Å²) in [5.41, 5.74) is 1.26. The highest BCUT2D eigenvalue weighted by molar-refractivity contribution is 5.97. The number of carbonyl (C=O) groups is 2. The average Bonchev–Trinajstić information content (AvgIpc) is 3.05. The SMILES string of the molecule is COCCNCC(=O)Nc1cccc(C(=O)N2CCCC2)c1. The van der Waals surface area contributed by atoms with Gasteiger partial charge in [-0.1, -0.05) is 6.07 Å². The molecule has 0 bridgehead atoms. The van der Waals surface area contributed by atoms with Gasteiger partial charge >= 0.3 is 0 Å². The highest BCUT2D eigenvalue weighted by Crippen LogP contribution is 2.16. The third-order valence-corrected chi connectivity index (χ3v) is 3.56. The Balaban J connectivity index is 1.88. The van der Waals surface area contributed by atoms with Gasteiger partial charge in [0.1, 0.15) is 0 Å². The molecule has 0 aromatic heterocycles. The van der Waals surface area contributed by atoms with Crippen LogP contribution in [-0.2, 0) is 9.53 Å². The van der Waals surface area contributed by atoms with Crippen LogP contribution in [0.1, 0.15) is 23.2 Å². The standard InChI is InChI=1S/C16H23N3O3/c1-22-10-7-17-12-15(20)18-14-6-4-5-13(11-14)16(21)19-8-2-3-9-19/h4-6,11,17H,2-3,7-10,12H2,1H3,(H,18,20). The van der Waals surface area contributed by atoms with Gasteiger partial charge < -0.3 is 20.3 Å². The van der Waals surface area contributed by atoms with E-state index in [1.54, 1.807) is 31.4 Å². The van der Waals surface area contributed by atoms with Crippen LogP contribution >= 0.6 is 0 Å². The molecule has 0 spiro atoms. The summed E-state index contributed by atoms with van der Waals surface area (Å²) in [5, 5.41) is 5.77. The lowest BCUT2D eigenvalue weighted by Crippen LogP contribution is -2.30. The van der Waals surface area contributed by atoms with Crippen molar-refractivity contribution < 1.29 is 14.3 Å². The topological polar surface area (TPSA) is 70.7 Å². The molecule has 0 radical (unpaired) electrons. The largest absolute Gasteiger partial charge is 0.383 e. The molecule has 1 aromatic rings. The molecule has 1 aliphatic heterocycles. The summed E-state index contributed by atoms with van der Waals surface area (Å²) in [6, 6.07) is 7.09. The van der Waals surface area contributed by atoms with Crippen LogP contribution < -0.4 is 10.6 Å². The molecule has 2 rings (SSSR count). The molecule has 2 amide bonds. The number of hydrogen-bond donors (Lipinski definition) is 2. The molecular formula is C16H23N3O3. The van der Waals surface area contributed by atoms with Crippen LogP contribution in [0.25, 0.3) is 0 Å². The maximum Gasteiger partial charge on any atom is 0.253 e. The van der Waals surface area contributed by atoms with Gasteiger partial charge in [0.25, 0.3) is 5.91 Å². The normalized spacial score (nSPS) is 14.1. The third-order valence-electron chi connectivity index (χ3n) is 3.56. The molecule has 0 aliphatic carbocycles. The smallest absolute Gasteiger partial charge is 0.253 e. The second-order valence-corrected chi connectivity index (χ2v) is 5.30. The van der Waals surface area contributed by atoms with Gasteiger partial charge in [-0.2, -0.15) is 0 Å². The summed E-state index contributed by atoms with van der Waals surface area (Å²) in [5.74, 6) is -0.103. The first kappa shape index (κ1) is 16.5. The first-order chi connectivity index (χ1) is 10.7.